The number of carbonyl (C=O) groups excluding carboxylic acids is 1. The van der Waals surface area contributed by atoms with Gasteiger partial charge in [-0.25, -0.2) is 9.37 Å². The van der Waals surface area contributed by atoms with Gasteiger partial charge in [0.05, 0.1) is 20.6 Å². The Bertz CT molecular complexity index is 997. The maximum atomic E-state index is 13.5. The maximum Gasteiger partial charge on any atom is 0.228 e. The minimum atomic E-state index is -0.429. The zero-order valence-corrected chi connectivity index (χ0v) is 15.6. The van der Waals surface area contributed by atoms with Crippen LogP contribution in [0.5, 0.6) is 11.6 Å². The Kier molecular flexibility index (Phi) is 5.78. The highest BCUT2D eigenvalue weighted by atomic mass is 32.2. The molecule has 3 aromatic rings. The Balaban J connectivity index is 1.90. The van der Waals surface area contributed by atoms with Crippen LogP contribution in [0.25, 0.3) is 10.8 Å². The van der Waals surface area contributed by atoms with E-state index in [1.807, 2.05) is 6.07 Å². The fourth-order valence-electron chi connectivity index (χ4n) is 2.82. The van der Waals surface area contributed by atoms with Crippen molar-refractivity contribution in [2.24, 2.45) is 5.14 Å². The van der Waals surface area contributed by atoms with Gasteiger partial charge in [-0.3, -0.25) is 9.93 Å². The topological polar surface area (TPSA) is 86.5 Å². The zero-order chi connectivity index (χ0) is 19.4. The smallest absolute Gasteiger partial charge is 0.228 e. The van der Waals surface area contributed by atoms with Crippen LogP contribution in [0.4, 0.5) is 10.1 Å². The van der Waals surface area contributed by atoms with Gasteiger partial charge in [-0.2, -0.15) is 0 Å². The fraction of sp³-hybridized carbons (Fsp3) is 0.158. The normalized spacial score (nSPS) is 10.7. The van der Waals surface area contributed by atoms with Crippen LogP contribution in [0.1, 0.15) is 5.56 Å². The summed E-state index contributed by atoms with van der Waals surface area (Å²) in [5, 5.41) is 10.2. The van der Waals surface area contributed by atoms with Crippen molar-refractivity contribution in [1.82, 2.24) is 4.98 Å². The highest BCUT2D eigenvalue weighted by molar-refractivity contribution is 7.97. The molecule has 3 rings (SSSR count). The first kappa shape index (κ1) is 18.9. The number of anilines is 1. The Morgan fingerprint density at radius 2 is 2.00 bits per heavy atom. The van der Waals surface area contributed by atoms with Crippen molar-refractivity contribution in [2.45, 2.75) is 11.3 Å². The fourth-order valence-corrected chi connectivity index (χ4v) is 3.32. The van der Waals surface area contributed by atoms with Crippen LogP contribution in [0.15, 0.2) is 47.5 Å². The number of nitrogens with zero attached hydrogens (tertiary/aromatic N) is 1. The molecule has 1 aromatic heterocycles. The van der Waals surface area contributed by atoms with Gasteiger partial charge in [0.25, 0.3) is 0 Å². The van der Waals surface area contributed by atoms with Crippen LogP contribution in [0.2, 0.25) is 0 Å². The predicted octanol–water partition coefficient (Wildman–Crippen LogP) is 3.54. The van der Waals surface area contributed by atoms with Crippen molar-refractivity contribution in [3.63, 3.8) is 0 Å². The molecule has 0 saturated heterocycles. The molecule has 1 amide bonds. The van der Waals surface area contributed by atoms with Gasteiger partial charge in [-0.05, 0) is 48.3 Å². The molecule has 0 saturated carbocycles. The molecule has 0 atom stereocenters. The van der Waals surface area contributed by atoms with E-state index in [0.717, 1.165) is 27.6 Å². The third-order valence-corrected chi connectivity index (χ3v) is 4.59. The van der Waals surface area contributed by atoms with Crippen LogP contribution in [-0.2, 0) is 11.2 Å². The number of nitrogens with one attached hydrogen (secondary N) is 1. The van der Waals surface area contributed by atoms with Crippen molar-refractivity contribution < 1.29 is 18.7 Å². The third kappa shape index (κ3) is 4.12. The van der Waals surface area contributed by atoms with Crippen LogP contribution >= 0.6 is 11.9 Å². The molecule has 3 N–H and O–H groups in total. The van der Waals surface area contributed by atoms with Gasteiger partial charge < -0.3 is 14.8 Å². The summed E-state index contributed by atoms with van der Waals surface area (Å²) in [6.07, 6.45) is 1.60. The molecule has 140 valence electrons. The Hall–Kier alpha value is -2.84. The number of ether oxygens (including phenoxy) is 2. The second kappa shape index (κ2) is 8.24. The monoisotopic (exact) mass is 387 g/mol. The second-order valence-electron chi connectivity index (χ2n) is 5.69. The highest BCUT2D eigenvalue weighted by Crippen LogP contribution is 2.33. The van der Waals surface area contributed by atoms with Crippen LogP contribution in [0.3, 0.4) is 0 Å². The van der Waals surface area contributed by atoms with Gasteiger partial charge in [0.1, 0.15) is 11.6 Å². The van der Waals surface area contributed by atoms with E-state index in [2.05, 4.69) is 10.3 Å². The van der Waals surface area contributed by atoms with Gasteiger partial charge in [-0.15, -0.1) is 0 Å². The van der Waals surface area contributed by atoms with Crippen LogP contribution in [-0.4, -0.2) is 25.1 Å². The summed E-state index contributed by atoms with van der Waals surface area (Å²) < 4.78 is 24.0. The average Bonchev–Trinajstić information content (AvgIpc) is 2.67. The SMILES string of the molecule is COc1ccc(F)cc1CC(=O)Nc1cc(SN)c2ccnc(OC)c2c1. The molecule has 27 heavy (non-hydrogen) atoms. The predicted molar refractivity (Wildman–Crippen MR) is 104 cm³/mol. The van der Waals surface area contributed by atoms with Crippen LogP contribution < -0.4 is 19.9 Å². The van der Waals surface area contributed by atoms with Crippen molar-refractivity contribution in [2.75, 3.05) is 19.5 Å². The summed E-state index contributed by atoms with van der Waals surface area (Å²) in [6.45, 7) is 0. The number of hydrogen-bond acceptors (Lipinski definition) is 6. The molecule has 1 heterocycles. The van der Waals surface area contributed by atoms with Gasteiger partial charge in [0.15, 0.2) is 0 Å². The summed E-state index contributed by atoms with van der Waals surface area (Å²) in [5.41, 5.74) is 1.01. The zero-order valence-electron chi connectivity index (χ0n) is 14.8. The molecular formula is C19H18FN3O3S. The number of methoxy groups -OCH3 is 2. The van der Waals surface area contributed by atoms with E-state index in [1.165, 1.54) is 32.4 Å². The molecule has 0 fully saturated rings. The summed E-state index contributed by atoms with van der Waals surface area (Å²) in [5.74, 6) is 0.149. The number of halogens is 1. The molecule has 2 aromatic carbocycles. The summed E-state index contributed by atoms with van der Waals surface area (Å²) in [7, 11) is 3.00. The lowest BCUT2D eigenvalue weighted by atomic mass is 10.1. The molecule has 0 aliphatic carbocycles. The Morgan fingerprint density at radius 1 is 1.19 bits per heavy atom. The Morgan fingerprint density at radius 3 is 2.70 bits per heavy atom. The first-order valence-electron chi connectivity index (χ1n) is 8.01. The standard InChI is InChI=1S/C19H18FN3O3S/c1-25-16-4-3-12(20)7-11(16)8-18(24)23-13-9-15-14(17(10-13)27-21)5-6-22-19(15)26-2/h3-7,9-10H,8,21H2,1-2H3,(H,23,24). The Labute approximate surface area is 160 Å². The van der Waals surface area contributed by atoms with E-state index in [4.69, 9.17) is 14.6 Å². The molecule has 0 aliphatic heterocycles. The van der Waals surface area contributed by atoms with E-state index < -0.39 is 5.82 Å². The van der Waals surface area contributed by atoms with E-state index in [0.29, 0.717) is 22.9 Å². The van der Waals surface area contributed by atoms with Crippen molar-refractivity contribution >= 4 is 34.3 Å². The molecule has 0 aliphatic rings. The first-order chi connectivity index (χ1) is 13.0. The maximum absolute atomic E-state index is 13.5. The number of amides is 1. The number of pyridine rings is 1. The molecule has 0 unspecified atom stereocenters. The van der Waals surface area contributed by atoms with Gasteiger partial charge in [0, 0.05) is 33.1 Å². The van der Waals surface area contributed by atoms with Crippen molar-refractivity contribution in [3.05, 3.63) is 54.0 Å². The molecule has 0 bridgehead atoms. The minimum absolute atomic E-state index is 0.0335. The van der Waals surface area contributed by atoms with E-state index in [9.17, 15) is 9.18 Å². The molecule has 0 spiro atoms. The van der Waals surface area contributed by atoms with Crippen molar-refractivity contribution in [3.8, 4) is 11.6 Å². The largest absolute Gasteiger partial charge is 0.496 e. The summed E-state index contributed by atoms with van der Waals surface area (Å²) >= 11 is 1.07. The number of hydrogen-bond donors (Lipinski definition) is 2. The molecule has 8 heteroatoms. The van der Waals surface area contributed by atoms with E-state index >= 15 is 0 Å². The average molecular weight is 387 g/mol. The molecular weight excluding hydrogens is 369 g/mol. The number of aromatic nitrogens is 1. The number of rotatable bonds is 6. The lowest BCUT2D eigenvalue weighted by Gasteiger charge is -2.12. The number of fused-ring (bicyclic) bond motifs is 1. The molecule has 0 radical (unpaired) electrons. The first-order valence-corrected chi connectivity index (χ1v) is 8.89. The lowest BCUT2D eigenvalue weighted by molar-refractivity contribution is -0.115. The van der Waals surface area contributed by atoms with Gasteiger partial charge in [-0.1, -0.05) is 0 Å². The quantitative estimate of drug-likeness (QED) is 0.629. The van der Waals surface area contributed by atoms with E-state index in [1.54, 1.807) is 18.3 Å². The third-order valence-electron chi connectivity index (χ3n) is 4.00. The molecule has 6 nitrogen and oxygen atoms in total. The summed E-state index contributed by atoms with van der Waals surface area (Å²) in [4.78, 5) is 17.4. The van der Waals surface area contributed by atoms with Crippen LogP contribution in [0, 0.1) is 5.82 Å². The van der Waals surface area contributed by atoms with Gasteiger partial charge >= 0.3 is 0 Å². The van der Waals surface area contributed by atoms with Gasteiger partial charge in [0.2, 0.25) is 11.8 Å². The van der Waals surface area contributed by atoms with E-state index in [-0.39, 0.29) is 12.3 Å². The lowest BCUT2D eigenvalue weighted by Crippen LogP contribution is -2.15. The summed E-state index contributed by atoms with van der Waals surface area (Å²) in [6, 6.07) is 9.43. The number of benzene rings is 2. The van der Waals surface area contributed by atoms with Crippen molar-refractivity contribution in [1.29, 1.82) is 0 Å². The second-order valence-corrected chi connectivity index (χ2v) is 6.36. The minimum Gasteiger partial charge on any atom is -0.496 e. The number of carbonyl (C=O) groups is 1. The highest BCUT2D eigenvalue weighted by Gasteiger charge is 2.13. The number of nitrogens with two attached hydrogens (primary N) is 1.